The van der Waals surface area contributed by atoms with Crippen LogP contribution in [0.5, 0.6) is 0 Å². The maximum atomic E-state index is 11.3. The van der Waals surface area contributed by atoms with Crippen molar-refractivity contribution >= 4 is 17.5 Å². The van der Waals surface area contributed by atoms with Gasteiger partial charge in [0.25, 0.3) is 0 Å². The average molecular weight is 254 g/mol. The van der Waals surface area contributed by atoms with Crippen molar-refractivity contribution in [3.63, 3.8) is 0 Å². The van der Waals surface area contributed by atoms with Gasteiger partial charge in [-0.05, 0) is 31.2 Å². The highest BCUT2D eigenvalue weighted by Crippen LogP contribution is 2.20. The molecule has 4 nitrogen and oxygen atoms in total. The number of rotatable bonds is 2. The lowest BCUT2D eigenvalue weighted by atomic mass is 9.93. The van der Waals surface area contributed by atoms with Gasteiger partial charge in [-0.1, -0.05) is 11.6 Å². The van der Waals surface area contributed by atoms with Gasteiger partial charge in [0.1, 0.15) is 11.5 Å². The minimum Gasteiger partial charge on any atom is -0.343 e. The number of likely N-dealkylation sites (tertiary alicyclic amines) is 1. The molecule has 0 N–H and O–H groups in total. The molecule has 92 valence electrons. The molecule has 0 aliphatic carbocycles. The van der Waals surface area contributed by atoms with Crippen molar-refractivity contribution in [3.8, 4) is 0 Å². The number of piperidine rings is 1. The van der Waals surface area contributed by atoms with E-state index in [-0.39, 0.29) is 5.91 Å². The van der Waals surface area contributed by atoms with Gasteiger partial charge in [-0.25, -0.2) is 9.97 Å². The molecule has 1 amide bonds. The van der Waals surface area contributed by atoms with Crippen molar-refractivity contribution in [2.45, 2.75) is 26.2 Å². The molecule has 2 heterocycles. The third-order valence-corrected chi connectivity index (χ3v) is 3.36. The van der Waals surface area contributed by atoms with Crippen molar-refractivity contribution in [3.05, 3.63) is 23.2 Å². The van der Waals surface area contributed by atoms with E-state index in [1.54, 1.807) is 13.0 Å². The molecule has 0 unspecified atom stereocenters. The predicted molar refractivity (Wildman–Crippen MR) is 65.7 cm³/mol. The predicted octanol–water partition coefficient (Wildman–Crippen LogP) is 1.93. The summed E-state index contributed by atoms with van der Waals surface area (Å²) in [5, 5.41) is 0.481. The quantitative estimate of drug-likeness (QED) is 0.757. The number of hydrogen-bond donors (Lipinski definition) is 0. The van der Waals surface area contributed by atoms with Crippen LogP contribution in [0.4, 0.5) is 0 Å². The Kier molecular flexibility index (Phi) is 3.94. The van der Waals surface area contributed by atoms with Gasteiger partial charge in [0.05, 0.1) is 0 Å². The lowest BCUT2D eigenvalue weighted by Crippen LogP contribution is -2.39. The standard InChI is InChI=1S/C12H16ClN3O/c1-9(17)16-4-2-3-10(7-16)5-11-6-12(13)15-8-14-11/h6,8,10H,2-5,7H2,1H3/t10-/m1/s1. The zero-order chi connectivity index (χ0) is 12.3. The number of carbonyl (C=O) groups excluding carboxylic acids is 1. The van der Waals surface area contributed by atoms with Crippen LogP contribution in [0.25, 0.3) is 0 Å². The largest absolute Gasteiger partial charge is 0.343 e. The Bertz CT molecular complexity index is 410. The molecule has 0 spiro atoms. The molecule has 1 aliphatic heterocycles. The minimum absolute atomic E-state index is 0.162. The number of aromatic nitrogens is 2. The van der Waals surface area contributed by atoms with Crippen molar-refractivity contribution in [1.82, 2.24) is 14.9 Å². The second kappa shape index (κ2) is 5.45. The maximum absolute atomic E-state index is 11.3. The number of amides is 1. The number of nitrogens with zero attached hydrogens (tertiary/aromatic N) is 3. The topological polar surface area (TPSA) is 46.1 Å². The van der Waals surface area contributed by atoms with E-state index >= 15 is 0 Å². The SMILES string of the molecule is CC(=O)N1CCC[C@H](Cc2cc(Cl)ncn2)C1. The lowest BCUT2D eigenvalue weighted by Gasteiger charge is -2.31. The van der Waals surface area contributed by atoms with Crippen LogP contribution in [-0.4, -0.2) is 33.9 Å². The van der Waals surface area contributed by atoms with Crippen LogP contribution in [0.3, 0.4) is 0 Å². The molecule has 5 heteroatoms. The van der Waals surface area contributed by atoms with Gasteiger partial charge >= 0.3 is 0 Å². The number of carbonyl (C=O) groups is 1. The van der Waals surface area contributed by atoms with Gasteiger partial charge in [0, 0.05) is 25.7 Å². The summed E-state index contributed by atoms with van der Waals surface area (Å²) in [7, 11) is 0. The first-order valence-electron chi connectivity index (χ1n) is 5.87. The Balaban J connectivity index is 1.97. The van der Waals surface area contributed by atoms with E-state index in [1.807, 2.05) is 4.90 Å². The molecular formula is C12H16ClN3O. The highest BCUT2D eigenvalue weighted by atomic mass is 35.5. The summed E-state index contributed by atoms with van der Waals surface area (Å²) in [6, 6.07) is 1.80. The molecule has 1 aliphatic rings. The summed E-state index contributed by atoms with van der Waals surface area (Å²) in [5.41, 5.74) is 0.959. The Morgan fingerprint density at radius 3 is 3.12 bits per heavy atom. The molecular weight excluding hydrogens is 238 g/mol. The van der Waals surface area contributed by atoms with Crippen molar-refractivity contribution in [2.75, 3.05) is 13.1 Å². The number of hydrogen-bond acceptors (Lipinski definition) is 3. The van der Waals surface area contributed by atoms with Crippen LogP contribution in [0.1, 0.15) is 25.5 Å². The fourth-order valence-electron chi connectivity index (χ4n) is 2.30. The third kappa shape index (κ3) is 3.40. The van der Waals surface area contributed by atoms with Gasteiger partial charge in [0.15, 0.2) is 0 Å². The van der Waals surface area contributed by atoms with Gasteiger partial charge in [0.2, 0.25) is 5.91 Å². The van der Waals surface area contributed by atoms with Crippen LogP contribution in [0, 0.1) is 5.92 Å². The van der Waals surface area contributed by atoms with Crippen molar-refractivity contribution in [1.29, 1.82) is 0 Å². The third-order valence-electron chi connectivity index (χ3n) is 3.15. The molecule has 1 aromatic rings. The molecule has 0 radical (unpaired) electrons. The van der Waals surface area contributed by atoms with E-state index in [2.05, 4.69) is 9.97 Å². The Labute approximate surface area is 106 Å². The van der Waals surface area contributed by atoms with Gasteiger partial charge in [-0.15, -0.1) is 0 Å². The Morgan fingerprint density at radius 2 is 2.41 bits per heavy atom. The summed E-state index contributed by atoms with van der Waals surface area (Å²) in [6.07, 6.45) is 4.57. The zero-order valence-electron chi connectivity index (χ0n) is 9.90. The number of halogens is 1. The van der Waals surface area contributed by atoms with Gasteiger partial charge in [-0.2, -0.15) is 0 Å². The van der Waals surface area contributed by atoms with E-state index in [0.29, 0.717) is 11.1 Å². The van der Waals surface area contributed by atoms with E-state index in [0.717, 1.165) is 38.0 Å². The minimum atomic E-state index is 0.162. The van der Waals surface area contributed by atoms with E-state index in [1.165, 1.54) is 6.33 Å². The molecule has 0 bridgehead atoms. The highest BCUT2D eigenvalue weighted by Gasteiger charge is 2.22. The van der Waals surface area contributed by atoms with E-state index < -0.39 is 0 Å². The smallest absolute Gasteiger partial charge is 0.219 e. The van der Waals surface area contributed by atoms with Crippen molar-refractivity contribution in [2.24, 2.45) is 5.92 Å². The summed E-state index contributed by atoms with van der Waals surface area (Å²) in [6.45, 7) is 3.34. The molecule has 1 atom stereocenters. The summed E-state index contributed by atoms with van der Waals surface area (Å²) >= 11 is 5.83. The fraction of sp³-hybridized carbons (Fsp3) is 0.583. The first kappa shape index (κ1) is 12.3. The average Bonchev–Trinajstić information content (AvgIpc) is 2.29. The van der Waals surface area contributed by atoms with E-state index in [9.17, 15) is 4.79 Å². The first-order chi connectivity index (χ1) is 8.15. The lowest BCUT2D eigenvalue weighted by molar-refractivity contribution is -0.130. The van der Waals surface area contributed by atoms with Crippen LogP contribution in [0.15, 0.2) is 12.4 Å². The molecule has 0 aromatic carbocycles. The molecule has 0 saturated carbocycles. The van der Waals surface area contributed by atoms with Crippen molar-refractivity contribution < 1.29 is 4.79 Å². The molecule has 1 fully saturated rings. The van der Waals surface area contributed by atoms with E-state index in [4.69, 9.17) is 11.6 Å². The monoisotopic (exact) mass is 253 g/mol. The Hall–Kier alpha value is -1.16. The second-order valence-electron chi connectivity index (χ2n) is 4.51. The zero-order valence-corrected chi connectivity index (χ0v) is 10.7. The second-order valence-corrected chi connectivity index (χ2v) is 4.90. The first-order valence-corrected chi connectivity index (χ1v) is 6.25. The fourth-order valence-corrected chi connectivity index (χ4v) is 2.46. The normalized spacial score (nSPS) is 20.4. The van der Waals surface area contributed by atoms with Gasteiger partial charge in [-0.3, -0.25) is 4.79 Å². The van der Waals surface area contributed by atoms with Gasteiger partial charge < -0.3 is 4.90 Å². The summed E-state index contributed by atoms with van der Waals surface area (Å²) in [4.78, 5) is 21.3. The molecule has 1 aromatic heterocycles. The molecule has 1 saturated heterocycles. The highest BCUT2D eigenvalue weighted by molar-refractivity contribution is 6.29. The van der Waals surface area contributed by atoms with Crippen LogP contribution < -0.4 is 0 Å². The maximum Gasteiger partial charge on any atom is 0.219 e. The van der Waals surface area contributed by atoms with Crippen LogP contribution in [-0.2, 0) is 11.2 Å². The van der Waals surface area contributed by atoms with Crippen LogP contribution >= 0.6 is 11.6 Å². The van der Waals surface area contributed by atoms with Crippen LogP contribution in [0.2, 0.25) is 5.15 Å². The molecule has 17 heavy (non-hydrogen) atoms. The summed E-state index contributed by atoms with van der Waals surface area (Å²) in [5.74, 6) is 0.647. The molecule has 2 rings (SSSR count). The summed E-state index contributed by atoms with van der Waals surface area (Å²) < 4.78 is 0. The Morgan fingerprint density at radius 1 is 1.59 bits per heavy atom.